The largest absolute Gasteiger partial charge is 0.493 e. The lowest BCUT2D eigenvalue weighted by molar-refractivity contribution is -0.140. The summed E-state index contributed by atoms with van der Waals surface area (Å²) in [4.78, 5) is 23.7. The fourth-order valence-electron chi connectivity index (χ4n) is 3.84. The minimum Gasteiger partial charge on any atom is -0.493 e. The van der Waals surface area contributed by atoms with Gasteiger partial charge in [0, 0.05) is 32.4 Å². The molecule has 0 unspecified atom stereocenters. The molecule has 1 amide bonds. The summed E-state index contributed by atoms with van der Waals surface area (Å²) in [6.45, 7) is 1.19. The van der Waals surface area contributed by atoms with E-state index in [-0.39, 0.29) is 12.3 Å². The first kappa shape index (κ1) is 26.4. The number of nitriles is 1. The maximum absolute atomic E-state index is 12.2. The van der Waals surface area contributed by atoms with Crippen molar-refractivity contribution in [1.82, 2.24) is 15.1 Å². The van der Waals surface area contributed by atoms with E-state index >= 15 is 0 Å². The summed E-state index contributed by atoms with van der Waals surface area (Å²) in [6, 6.07) is 16.7. The summed E-state index contributed by atoms with van der Waals surface area (Å²) in [5, 5.41) is 28.4. The number of benzene rings is 2. The highest BCUT2D eigenvalue weighted by Gasteiger charge is 2.51. The molecule has 3 aromatic rings. The second kappa shape index (κ2) is 12.5. The van der Waals surface area contributed by atoms with Crippen LogP contribution in [0.25, 0.3) is 0 Å². The Bertz CT molecular complexity index is 1210. The number of aryl methyl sites for hydroxylation is 1. The van der Waals surface area contributed by atoms with Crippen LogP contribution in [0, 0.1) is 11.3 Å². The molecule has 0 radical (unpaired) electrons. The van der Waals surface area contributed by atoms with E-state index in [1.54, 1.807) is 29.1 Å². The molecule has 36 heavy (non-hydrogen) atoms. The van der Waals surface area contributed by atoms with Gasteiger partial charge in [-0.25, -0.2) is 0 Å². The van der Waals surface area contributed by atoms with E-state index in [9.17, 15) is 14.7 Å². The molecule has 9 heteroatoms. The standard InChI is InChI=1S/C23H25N3O4.C4H6N2/c1-30-21-17(15-24)5-3-7-19(21)26-20(27)9-13-25-12-8-16-4-2-6-18(14-16)23(10-11-23)22(28)29;1-6-4-2-3-5-6/h2-7,14,25H,8-13H2,1H3,(H,26,27)(H,28,29);2-4H,1H3. The highest BCUT2D eigenvalue weighted by atomic mass is 16.5. The number of carbonyl (C=O) groups is 2. The highest BCUT2D eigenvalue weighted by molar-refractivity contribution is 5.93. The first-order chi connectivity index (χ1) is 17.4. The minimum absolute atomic E-state index is 0.171. The van der Waals surface area contributed by atoms with Crippen molar-refractivity contribution >= 4 is 17.6 Å². The van der Waals surface area contributed by atoms with Gasteiger partial charge in [0.25, 0.3) is 0 Å². The minimum atomic E-state index is -0.749. The maximum atomic E-state index is 12.2. The van der Waals surface area contributed by atoms with E-state index < -0.39 is 11.4 Å². The molecule has 1 heterocycles. The number of rotatable bonds is 10. The summed E-state index contributed by atoms with van der Waals surface area (Å²) in [5.41, 5.74) is 2.11. The third-order valence-electron chi connectivity index (χ3n) is 6.01. The zero-order valence-electron chi connectivity index (χ0n) is 20.5. The molecule has 4 rings (SSSR count). The van der Waals surface area contributed by atoms with Crippen molar-refractivity contribution in [2.45, 2.75) is 31.1 Å². The number of para-hydroxylation sites is 1. The molecule has 9 nitrogen and oxygen atoms in total. The first-order valence-corrected chi connectivity index (χ1v) is 11.7. The molecule has 3 N–H and O–H groups in total. The number of carboxylic acid groups (broad SMARTS) is 1. The molecule has 0 atom stereocenters. The molecule has 188 valence electrons. The van der Waals surface area contributed by atoms with Crippen molar-refractivity contribution in [1.29, 1.82) is 5.26 Å². The van der Waals surface area contributed by atoms with Gasteiger partial charge in [0.05, 0.1) is 23.8 Å². The number of amides is 1. The van der Waals surface area contributed by atoms with E-state index in [1.165, 1.54) is 7.11 Å². The number of nitrogens with one attached hydrogen (secondary N) is 2. The molecule has 0 bridgehead atoms. The fraction of sp³-hybridized carbons (Fsp3) is 0.333. The molecule has 0 aliphatic heterocycles. The van der Waals surface area contributed by atoms with E-state index in [1.807, 2.05) is 49.6 Å². The Kier molecular flexibility index (Phi) is 9.19. The van der Waals surface area contributed by atoms with Crippen molar-refractivity contribution in [3.05, 3.63) is 77.6 Å². The summed E-state index contributed by atoms with van der Waals surface area (Å²) >= 11 is 0. The number of nitrogens with zero attached hydrogens (tertiary/aromatic N) is 3. The van der Waals surface area contributed by atoms with Gasteiger partial charge in [-0.3, -0.25) is 14.3 Å². The van der Waals surface area contributed by atoms with Gasteiger partial charge in [-0.15, -0.1) is 0 Å². The second-order valence-corrected chi connectivity index (χ2v) is 8.56. The zero-order chi connectivity index (χ0) is 26.0. The van der Waals surface area contributed by atoms with E-state index in [2.05, 4.69) is 15.7 Å². The van der Waals surface area contributed by atoms with Crippen molar-refractivity contribution in [3.63, 3.8) is 0 Å². The Hall–Kier alpha value is -4.16. The van der Waals surface area contributed by atoms with Gasteiger partial charge >= 0.3 is 5.97 Å². The lowest BCUT2D eigenvalue weighted by Gasteiger charge is -2.12. The highest BCUT2D eigenvalue weighted by Crippen LogP contribution is 2.48. The van der Waals surface area contributed by atoms with Gasteiger partial charge in [0.2, 0.25) is 5.91 Å². The lowest BCUT2D eigenvalue weighted by atomic mass is 9.94. The number of anilines is 1. The van der Waals surface area contributed by atoms with Gasteiger partial charge in [0.15, 0.2) is 5.75 Å². The predicted molar refractivity (Wildman–Crippen MR) is 136 cm³/mol. The van der Waals surface area contributed by atoms with Crippen LogP contribution in [-0.4, -0.2) is 47.0 Å². The topological polar surface area (TPSA) is 129 Å². The van der Waals surface area contributed by atoms with Gasteiger partial charge < -0.3 is 20.5 Å². The predicted octanol–water partition coefficient (Wildman–Crippen LogP) is 3.26. The van der Waals surface area contributed by atoms with Crippen LogP contribution in [0.3, 0.4) is 0 Å². The van der Waals surface area contributed by atoms with Crippen LogP contribution in [0.15, 0.2) is 60.9 Å². The van der Waals surface area contributed by atoms with Gasteiger partial charge in [0.1, 0.15) is 6.07 Å². The van der Waals surface area contributed by atoms with E-state index in [4.69, 9.17) is 10.00 Å². The Morgan fingerprint density at radius 1 is 1.19 bits per heavy atom. The molecule has 0 saturated heterocycles. The Morgan fingerprint density at radius 3 is 2.56 bits per heavy atom. The quantitative estimate of drug-likeness (QED) is 0.373. The summed E-state index contributed by atoms with van der Waals surface area (Å²) in [7, 11) is 3.35. The maximum Gasteiger partial charge on any atom is 0.314 e. The average molecular weight is 490 g/mol. The Balaban J connectivity index is 0.000000526. The number of carboxylic acids is 1. The van der Waals surface area contributed by atoms with Crippen LogP contribution < -0.4 is 15.4 Å². The lowest BCUT2D eigenvalue weighted by Crippen LogP contribution is -2.24. The summed E-state index contributed by atoms with van der Waals surface area (Å²) in [5.74, 6) is -0.563. The fourth-order valence-corrected chi connectivity index (χ4v) is 3.84. The third kappa shape index (κ3) is 6.93. The monoisotopic (exact) mass is 489 g/mol. The van der Waals surface area contributed by atoms with Crippen LogP contribution in [0.1, 0.15) is 36.0 Å². The van der Waals surface area contributed by atoms with E-state index in [0.29, 0.717) is 42.9 Å². The van der Waals surface area contributed by atoms with Crippen LogP contribution in [0.4, 0.5) is 5.69 Å². The van der Waals surface area contributed by atoms with Crippen LogP contribution in [0.2, 0.25) is 0 Å². The summed E-state index contributed by atoms with van der Waals surface area (Å²) < 4.78 is 6.97. The molecule has 1 saturated carbocycles. The number of carbonyl (C=O) groups excluding carboxylic acids is 1. The van der Waals surface area contributed by atoms with Crippen LogP contribution in [0.5, 0.6) is 5.75 Å². The van der Waals surface area contributed by atoms with Crippen LogP contribution in [-0.2, 0) is 28.5 Å². The Morgan fingerprint density at radius 2 is 1.97 bits per heavy atom. The van der Waals surface area contributed by atoms with Crippen molar-refractivity contribution in [2.24, 2.45) is 7.05 Å². The van der Waals surface area contributed by atoms with Gasteiger partial charge in [-0.1, -0.05) is 30.3 Å². The number of hydrogen-bond acceptors (Lipinski definition) is 6. The number of hydrogen-bond donors (Lipinski definition) is 3. The summed E-state index contributed by atoms with van der Waals surface area (Å²) in [6.07, 6.45) is 6.06. The molecule has 2 aromatic carbocycles. The first-order valence-electron chi connectivity index (χ1n) is 11.7. The van der Waals surface area contributed by atoms with Crippen molar-refractivity contribution < 1.29 is 19.4 Å². The smallest absolute Gasteiger partial charge is 0.314 e. The average Bonchev–Trinajstić information content (AvgIpc) is 3.57. The molecular weight excluding hydrogens is 458 g/mol. The molecule has 1 aliphatic rings. The second-order valence-electron chi connectivity index (χ2n) is 8.56. The number of aliphatic carboxylic acids is 1. The molecule has 0 spiro atoms. The van der Waals surface area contributed by atoms with Crippen LogP contribution >= 0.6 is 0 Å². The molecule has 1 aliphatic carbocycles. The van der Waals surface area contributed by atoms with Crippen molar-refractivity contribution in [2.75, 3.05) is 25.5 Å². The number of ether oxygens (including phenoxy) is 1. The SMILES string of the molecule is COc1c(C#N)cccc1NC(=O)CCNCCc1cccc(C2(C(=O)O)CC2)c1.Cn1cccn1. The molecular formula is C27H31N5O4. The number of aromatic nitrogens is 2. The van der Waals surface area contributed by atoms with E-state index in [0.717, 1.165) is 17.5 Å². The van der Waals surface area contributed by atoms with Gasteiger partial charge in [-0.2, -0.15) is 10.4 Å². The molecule has 1 aromatic heterocycles. The normalized spacial score (nSPS) is 13.0. The Labute approximate surface area is 210 Å². The van der Waals surface area contributed by atoms with Crippen molar-refractivity contribution in [3.8, 4) is 11.8 Å². The number of methoxy groups -OCH3 is 1. The third-order valence-corrected chi connectivity index (χ3v) is 6.01. The molecule has 1 fully saturated rings. The zero-order valence-corrected chi connectivity index (χ0v) is 20.5. The van der Waals surface area contributed by atoms with Gasteiger partial charge in [-0.05, 0) is 55.1 Å².